The molecule has 0 N–H and O–H groups in total. The molecule has 0 atom stereocenters. The number of halogens is 2. The SMILES string of the molecule is Br.BrCc1cnc(C2CC2)s1. The van der Waals surface area contributed by atoms with Crippen LogP contribution in [0.2, 0.25) is 0 Å². The lowest BCUT2D eigenvalue weighted by atomic mass is 10.5. The summed E-state index contributed by atoms with van der Waals surface area (Å²) in [6.45, 7) is 0. The number of rotatable bonds is 2. The predicted octanol–water partition coefficient (Wildman–Crippen LogP) is 3.49. The quantitative estimate of drug-likeness (QED) is 0.762. The minimum atomic E-state index is 0. The normalized spacial score (nSPS) is 16.1. The lowest BCUT2D eigenvalue weighted by Crippen LogP contribution is -1.70. The van der Waals surface area contributed by atoms with Gasteiger partial charge in [0.1, 0.15) is 0 Å². The van der Waals surface area contributed by atoms with E-state index in [-0.39, 0.29) is 17.0 Å². The summed E-state index contributed by atoms with van der Waals surface area (Å²) < 4.78 is 0. The van der Waals surface area contributed by atoms with E-state index in [1.165, 1.54) is 22.7 Å². The lowest BCUT2D eigenvalue weighted by molar-refractivity contribution is 1.08. The first kappa shape index (κ1) is 9.68. The second-order valence-corrected chi connectivity index (χ2v) is 4.28. The van der Waals surface area contributed by atoms with E-state index in [9.17, 15) is 0 Å². The molecule has 1 fully saturated rings. The number of thiazole rings is 1. The van der Waals surface area contributed by atoms with Gasteiger partial charge in [-0.2, -0.15) is 0 Å². The Labute approximate surface area is 89.1 Å². The van der Waals surface area contributed by atoms with Crippen molar-refractivity contribution in [2.45, 2.75) is 24.1 Å². The van der Waals surface area contributed by atoms with Gasteiger partial charge in [0.15, 0.2) is 0 Å². The van der Waals surface area contributed by atoms with Gasteiger partial charge >= 0.3 is 0 Å². The minimum Gasteiger partial charge on any atom is -0.249 e. The van der Waals surface area contributed by atoms with Gasteiger partial charge in [0.2, 0.25) is 0 Å². The third-order valence-corrected chi connectivity index (χ3v) is 3.76. The fourth-order valence-electron chi connectivity index (χ4n) is 0.903. The van der Waals surface area contributed by atoms with Gasteiger partial charge in [0, 0.05) is 22.3 Å². The van der Waals surface area contributed by atoms with Gasteiger partial charge in [0.05, 0.1) is 5.01 Å². The molecule has 1 nitrogen and oxygen atoms in total. The smallest absolute Gasteiger partial charge is 0.0958 e. The predicted molar refractivity (Wildman–Crippen MR) is 57.0 cm³/mol. The molecule has 1 heterocycles. The van der Waals surface area contributed by atoms with Gasteiger partial charge in [-0.1, -0.05) is 15.9 Å². The first-order valence-electron chi connectivity index (χ1n) is 3.40. The monoisotopic (exact) mass is 297 g/mol. The largest absolute Gasteiger partial charge is 0.249 e. The molecule has 62 valence electrons. The van der Waals surface area contributed by atoms with E-state index in [0.717, 1.165) is 11.2 Å². The van der Waals surface area contributed by atoms with Crippen molar-refractivity contribution < 1.29 is 0 Å². The van der Waals surface area contributed by atoms with E-state index in [0.29, 0.717) is 0 Å². The summed E-state index contributed by atoms with van der Waals surface area (Å²) in [4.78, 5) is 5.69. The van der Waals surface area contributed by atoms with Crippen molar-refractivity contribution in [3.63, 3.8) is 0 Å². The van der Waals surface area contributed by atoms with Crippen LogP contribution < -0.4 is 0 Å². The second-order valence-electron chi connectivity index (χ2n) is 2.57. The van der Waals surface area contributed by atoms with Crippen LogP contribution in [-0.2, 0) is 5.33 Å². The van der Waals surface area contributed by atoms with Crippen molar-refractivity contribution in [2.75, 3.05) is 0 Å². The summed E-state index contributed by atoms with van der Waals surface area (Å²) in [6.07, 6.45) is 4.69. The van der Waals surface area contributed by atoms with Crippen molar-refractivity contribution >= 4 is 44.2 Å². The number of alkyl halides is 1. The fraction of sp³-hybridized carbons (Fsp3) is 0.571. The molecule has 1 saturated carbocycles. The van der Waals surface area contributed by atoms with Gasteiger partial charge in [-0.05, 0) is 12.8 Å². The Hall–Kier alpha value is 0.590. The van der Waals surface area contributed by atoms with Crippen LogP contribution in [0.3, 0.4) is 0 Å². The summed E-state index contributed by atoms with van der Waals surface area (Å²) >= 11 is 5.26. The Morgan fingerprint density at radius 3 is 2.82 bits per heavy atom. The second kappa shape index (κ2) is 4.01. The Kier molecular flexibility index (Phi) is 3.52. The molecule has 1 aromatic rings. The minimum absolute atomic E-state index is 0. The Bertz CT molecular complexity index is 232. The van der Waals surface area contributed by atoms with E-state index < -0.39 is 0 Å². The molecule has 0 bridgehead atoms. The highest BCUT2D eigenvalue weighted by Gasteiger charge is 2.26. The topological polar surface area (TPSA) is 12.9 Å². The van der Waals surface area contributed by atoms with Crippen molar-refractivity contribution in [1.29, 1.82) is 0 Å². The summed E-state index contributed by atoms with van der Waals surface area (Å²) in [7, 11) is 0. The molecule has 0 radical (unpaired) electrons. The van der Waals surface area contributed by atoms with E-state index in [1.807, 2.05) is 17.5 Å². The van der Waals surface area contributed by atoms with Crippen LogP contribution in [0.1, 0.15) is 28.6 Å². The first-order valence-corrected chi connectivity index (χ1v) is 5.34. The van der Waals surface area contributed by atoms with Crippen LogP contribution >= 0.6 is 44.2 Å². The maximum absolute atomic E-state index is 4.34. The van der Waals surface area contributed by atoms with Crippen molar-refractivity contribution in [3.05, 3.63) is 16.1 Å². The molecule has 0 unspecified atom stereocenters. The molecule has 0 aromatic carbocycles. The Morgan fingerprint density at radius 1 is 1.64 bits per heavy atom. The maximum atomic E-state index is 4.34. The lowest BCUT2D eigenvalue weighted by Gasteiger charge is -1.83. The van der Waals surface area contributed by atoms with E-state index in [4.69, 9.17) is 0 Å². The van der Waals surface area contributed by atoms with E-state index in [1.54, 1.807) is 0 Å². The summed E-state index contributed by atoms with van der Waals surface area (Å²) in [5.41, 5.74) is 0. The third kappa shape index (κ3) is 2.26. The molecule has 11 heavy (non-hydrogen) atoms. The Balaban J connectivity index is 0.000000605. The highest BCUT2D eigenvalue weighted by atomic mass is 79.9. The van der Waals surface area contributed by atoms with Crippen LogP contribution in [0.25, 0.3) is 0 Å². The van der Waals surface area contributed by atoms with Crippen LogP contribution in [0.5, 0.6) is 0 Å². The van der Waals surface area contributed by atoms with Crippen molar-refractivity contribution in [2.24, 2.45) is 0 Å². The van der Waals surface area contributed by atoms with Gasteiger partial charge in [-0.25, -0.2) is 4.98 Å². The molecular formula is C7H9Br2NS. The van der Waals surface area contributed by atoms with Crippen LogP contribution in [0.15, 0.2) is 6.20 Å². The van der Waals surface area contributed by atoms with E-state index in [2.05, 4.69) is 20.9 Å². The molecule has 0 amide bonds. The number of aromatic nitrogens is 1. The molecule has 1 aromatic heterocycles. The molecular weight excluding hydrogens is 290 g/mol. The van der Waals surface area contributed by atoms with E-state index >= 15 is 0 Å². The molecule has 1 aliphatic rings. The average molecular weight is 299 g/mol. The van der Waals surface area contributed by atoms with Crippen LogP contribution in [0, 0.1) is 0 Å². The average Bonchev–Trinajstić information content (AvgIpc) is 2.70. The zero-order valence-corrected chi connectivity index (χ0v) is 10.0. The molecule has 0 aliphatic heterocycles. The highest BCUT2D eigenvalue weighted by Crippen LogP contribution is 2.41. The van der Waals surface area contributed by atoms with Crippen LogP contribution in [0.4, 0.5) is 0 Å². The third-order valence-electron chi connectivity index (χ3n) is 1.63. The zero-order valence-electron chi connectivity index (χ0n) is 5.92. The molecule has 4 heteroatoms. The first-order chi connectivity index (χ1) is 4.90. The summed E-state index contributed by atoms with van der Waals surface area (Å²) in [5, 5.41) is 2.30. The molecule has 2 rings (SSSR count). The van der Waals surface area contributed by atoms with Crippen LogP contribution in [-0.4, -0.2) is 4.98 Å². The number of hydrogen-bond donors (Lipinski definition) is 0. The maximum Gasteiger partial charge on any atom is 0.0958 e. The standard InChI is InChI=1S/C7H8BrNS.BrH/c8-3-6-4-9-7(10-6)5-1-2-5;/h4-5H,1-3H2;1H. The fourth-order valence-corrected chi connectivity index (χ4v) is 2.33. The summed E-state index contributed by atoms with van der Waals surface area (Å²) in [6, 6.07) is 0. The number of hydrogen-bond acceptors (Lipinski definition) is 2. The van der Waals surface area contributed by atoms with Gasteiger partial charge in [-0.15, -0.1) is 28.3 Å². The van der Waals surface area contributed by atoms with Gasteiger partial charge < -0.3 is 0 Å². The highest BCUT2D eigenvalue weighted by molar-refractivity contribution is 9.08. The molecule has 0 saturated heterocycles. The Morgan fingerprint density at radius 2 is 2.36 bits per heavy atom. The van der Waals surface area contributed by atoms with Crippen molar-refractivity contribution in [1.82, 2.24) is 4.98 Å². The molecule has 0 spiro atoms. The van der Waals surface area contributed by atoms with Gasteiger partial charge in [-0.3, -0.25) is 0 Å². The number of nitrogens with zero attached hydrogens (tertiary/aromatic N) is 1. The zero-order chi connectivity index (χ0) is 6.97. The van der Waals surface area contributed by atoms with Gasteiger partial charge in [0.25, 0.3) is 0 Å². The van der Waals surface area contributed by atoms with Crippen molar-refractivity contribution in [3.8, 4) is 0 Å². The summed E-state index contributed by atoms with van der Waals surface area (Å²) in [5.74, 6) is 0.817. The molecule has 1 aliphatic carbocycles.